The minimum atomic E-state index is -0.475. The molecule has 0 spiro atoms. The molecule has 0 radical (unpaired) electrons. The second-order valence-corrected chi connectivity index (χ2v) is 10.9. The summed E-state index contributed by atoms with van der Waals surface area (Å²) in [6.07, 6.45) is 11.8. The van der Waals surface area contributed by atoms with Gasteiger partial charge in [0, 0.05) is 5.57 Å². The second-order valence-electron chi connectivity index (χ2n) is 10.9. The third-order valence-corrected chi connectivity index (χ3v) is 6.86. The molecule has 0 aromatic heterocycles. The third kappa shape index (κ3) is 20.2. The number of esters is 4. The number of unbranched alkanes of at least 4 members (excludes halogenated alkanes) is 10. The van der Waals surface area contributed by atoms with Crippen LogP contribution in [0.5, 0.6) is 11.5 Å². The summed E-state index contributed by atoms with van der Waals surface area (Å²) in [5.41, 5.74) is 0.693. The van der Waals surface area contributed by atoms with Gasteiger partial charge in [-0.15, -0.1) is 0 Å². The van der Waals surface area contributed by atoms with Crippen molar-refractivity contribution in [2.75, 3.05) is 40.1 Å². The number of carbonyl (C=O) groups is 4. The van der Waals surface area contributed by atoms with E-state index >= 15 is 0 Å². The van der Waals surface area contributed by atoms with Gasteiger partial charge >= 0.3 is 23.9 Å². The van der Waals surface area contributed by atoms with E-state index in [1.165, 1.54) is 20.0 Å². The molecule has 0 fully saturated rings. The van der Waals surface area contributed by atoms with E-state index in [9.17, 15) is 19.2 Å². The van der Waals surface area contributed by atoms with Crippen molar-refractivity contribution in [2.24, 2.45) is 0 Å². The Morgan fingerprint density at radius 3 is 1.64 bits per heavy atom. The summed E-state index contributed by atoms with van der Waals surface area (Å²) in [6, 6.07) is 5.04. The molecule has 0 atom stereocenters. The van der Waals surface area contributed by atoms with E-state index in [2.05, 4.69) is 13.5 Å². The van der Waals surface area contributed by atoms with E-state index in [-0.39, 0.29) is 31.4 Å². The zero-order valence-corrected chi connectivity index (χ0v) is 27.7. The molecule has 45 heavy (non-hydrogen) atoms. The Morgan fingerprint density at radius 1 is 0.644 bits per heavy atom. The van der Waals surface area contributed by atoms with Gasteiger partial charge in [-0.05, 0) is 82.9 Å². The number of methoxy groups -OCH3 is 1. The summed E-state index contributed by atoms with van der Waals surface area (Å²) in [4.78, 5) is 47.8. The lowest BCUT2D eigenvalue weighted by Gasteiger charge is -2.13. The largest absolute Gasteiger partial charge is 0.497 e. The van der Waals surface area contributed by atoms with Crippen LogP contribution in [-0.2, 0) is 33.3 Å². The number of benzene rings is 1. The first-order chi connectivity index (χ1) is 21.8. The van der Waals surface area contributed by atoms with Gasteiger partial charge in [0.25, 0.3) is 0 Å². The Hall–Kier alpha value is -3.56. The van der Waals surface area contributed by atoms with Gasteiger partial charge in [-0.25, -0.2) is 9.59 Å². The predicted octanol–water partition coefficient (Wildman–Crippen LogP) is 7.31. The summed E-state index contributed by atoms with van der Waals surface area (Å²) in [5.74, 6) is -0.639. The van der Waals surface area contributed by atoms with Crippen molar-refractivity contribution in [2.45, 2.75) is 110 Å². The first-order valence-corrected chi connectivity index (χ1v) is 16.4. The molecular formula is C35H54O10. The van der Waals surface area contributed by atoms with E-state index in [4.69, 9.17) is 28.4 Å². The van der Waals surface area contributed by atoms with Crippen molar-refractivity contribution in [3.05, 3.63) is 35.9 Å². The van der Waals surface area contributed by atoms with Gasteiger partial charge in [0.15, 0.2) is 0 Å². The second kappa shape index (κ2) is 25.7. The van der Waals surface area contributed by atoms with Crippen LogP contribution in [0.1, 0.15) is 121 Å². The van der Waals surface area contributed by atoms with Crippen molar-refractivity contribution in [1.82, 2.24) is 0 Å². The fourth-order valence-corrected chi connectivity index (χ4v) is 4.18. The first-order valence-electron chi connectivity index (χ1n) is 16.4. The van der Waals surface area contributed by atoms with Crippen LogP contribution >= 0.6 is 0 Å². The van der Waals surface area contributed by atoms with Gasteiger partial charge in [-0.2, -0.15) is 0 Å². The molecule has 0 unspecified atom stereocenters. The van der Waals surface area contributed by atoms with Gasteiger partial charge in [0.2, 0.25) is 0 Å². The lowest BCUT2D eigenvalue weighted by molar-refractivity contribution is -0.150. The standard InChI is InChI=1S/C35H54O10/c1-5-6-7-8-14-23-42-32(36)20-21-33(37)43-24-15-10-9-13-22-41-31-19-18-29(40-4)27-30(31)35(39)45-26-17-12-11-16-25-44-34(38)28(2)3/h18-19,27H,2,5-17,20-26H2,1,3-4H3. The van der Waals surface area contributed by atoms with Crippen LogP contribution in [0.3, 0.4) is 0 Å². The number of ether oxygens (including phenoxy) is 6. The molecule has 0 bridgehead atoms. The van der Waals surface area contributed by atoms with Crippen molar-refractivity contribution in [3.8, 4) is 11.5 Å². The molecule has 1 rings (SSSR count). The molecule has 0 N–H and O–H groups in total. The molecule has 1 aromatic rings. The minimum Gasteiger partial charge on any atom is -0.497 e. The van der Waals surface area contributed by atoms with E-state index in [1.807, 2.05) is 0 Å². The van der Waals surface area contributed by atoms with Gasteiger partial charge in [0.1, 0.15) is 17.1 Å². The van der Waals surface area contributed by atoms with E-state index in [0.717, 1.165) is 57.8 Å². The molecule has 0 amide bonds. The van der Waals surface area contributed by atoms with Crippen LogP contribution < -0.4 is 9.47 Å². The fraction of sp³-hybridized carbons (Fsp3) is 0.657. The molecule has 0 saturated heterocycles. The zero-order chi connectivity index (χ0) is 33.1. The molecule has 0 aliphatic heterocycles. The first kappa shape index (κ1) is 39.5. The van der Waals surface area contributed by atoms with Crippen molar-refractivity contribution >= 4 is 23.9 Å². The molecule has 254 valence electrons. The van der Waals surface area contributed by atoms with E-state index in [1.54, 1.807) is 25.1 Å². The van der Waals surface area contributed by atoms with Gasteiger partial charge in [0.05, 0.1) is 53.0 Å². The molecule has 0 saturated carbocycles. The monoisotopic (exact) mass is 634 g/mol. The number of carbonyl (C=O) groups excluding carboxylic acids is 4. The van der Waals surface area contributed by atoms with Crippen molar-refractivity contribution in [1.29, 1.82) is 0 Å². The molecule has 10 nitrogen and oxygen atoms in total. The highest BCUT2D eigenvalue weighted by Crippen LogP contribution is 2.25. The Bertz CT molecular complexity index is 1020. The summed E-state index contributed by atoms with van der Waals surface area (Å²) in [5, 5.41) is 0. The zero-order valence-electron chi connectivity index (χ0n) is 27.7. The SMILES string of the molecule is C=C(C)C(=O)OCCCCCCOC(=O)c1cc(OC)ccc1OCCCCCCOC(=O)CCC(=O)OCCCCCCC. The molecular weight excluding hydrogens is 580 g/mol. The lowest BCUT2D eigenvalue weighted by Crippen LogP contribution is -2.11. The topological polar surface area (TPSA) is 124 Å². The normalized spacial score (nSPS) is 10.6. The minimum absolute atomic E-state index is 0.0317. The lowest BCUT2D eigenvalue weighted by atomic mass is 10.1. The smallest absolute Gasteiger partial charge is 0.342 e. The van der Waals surface area contributed by atoms with Crippen LogP contribution in [0.15, 0.2) is 30.4 Å². The number of rotatable bonds is 27. The Morgan fingerprint density at radius 2 is 1.13 bits per heavy atom. The third-order valence-electron chi connectivity index (χ3n) is 6.86. The predicted molar refractivity (Wildman–Crippen MR) is 171 cm³/mol. The summed E-state index contributed by atoms with van der Waals surface area (Å²) in [7, 11) is 1.53. The van der Waals surface area contributed by atoms with Gasteiger partial charge in [-0.1, -0.05) is 39.2 Å². The van der Waals surface area contributed by atoms with E-state index in [0.29, 0.717) is 61.9 Å². The average molecular weight is 635 g/mol. The number of hydrogen-bond donors (Lipinski definition) is 0. The average Bonchev–Trinajstić information content (AvgIpc) is 3.03. The maximum atomic E-state index is 12.8. The highest BCUT2D eigenvalue weighted by Gasteiger charge is 2.16. The highest BCUT2D eigenvalue weighted by molar-refractivity contribution is 5.93. The Kier molecular flexibility index (Phi) is 22.6. The highest BCUT2D eigenvalue weighted by atomic mass is 16.5. The maximum absolute atomic E-state index is 12.8. The quantitative estimate of drug-likeness (QED) is 0.0421. The summed E-state index contributed by atoms with van der Waals surface area (Å²) >= 11 is 0. The molecule has 0 heterocycles. The molecule has 10 heteroatoms. The van der Waals surface area contributed by atoms with Crippen molar-refractivity contribution < 1.29 is 47.6 Å². The van der Waals surface area contributed by atoms with E-state index < -0.39 is 11.9 Å². The molecule has 1 aromatic carbocycles. The Labute approximate surface area is 269 Å². The molecule has 0 aliphatic rings. The summed E-state index contributed by atoms with van der Waals surface area (Å²) < 4.78 is 32.1. The Balaban J connectivity index is 2.19. The van der Waals surface area contributed by atoms with Crippen LogP contribution in [0.25, 0.3) is 0 Å². The van der Waals surface area contributed by atoms with Gasteiger partial charge < -0.3 is 28.4 Å². The fourth-order valence-electron chi connectivity index (χ4n) is 4.18. The summed E-state index contributed by atoms with van der Waals surface area (Å²) in [6.45, 7) is 9.07. The molecule has 0 aliphatic carbocycles. The van der Waals surface area contributed by atoms with Crippen molar-refractivity contribution in [3.63, 3.8) is 0 Å². The maximum Gasteiger partial charge on any atom is 0.342 e. The van der Waals surface area contributed by atoms with Crippen LogP contribution in [0.4, 0.5) is 0 Å². The van der Waals surface area contributed by atoms with Crippen LogP contribution in [-0.4, -0.2) is 64.0 Å². The van der Waals surface area contributed by atoms with Gasteiger partial charge in [-0.3, -0.25) is 9.59 Å². The number of hydrogen-bond acceptors (Lipinski definition) is 10. The van der Waals surface area contributed by atoms with Crippen LogP contribution in [0.2, 0.25) is 0 Å². The van der Waals surface area contributed by atoms with Crippen LogP contribution in [0, 0.1) is 0 Å².